The van der Waals surface area contributed by atoms with Gasteiger partial charge >= 0.3 is 0 Å². The third kappa shape index (κ3) is 7.69. The molecule has 0 heterocycles. The van der Waals surface area contributed by atoms with E-state index < -0.39 is 28.5 Å². The van der Waals surface area contributed by atoms with Crippen LogP contribution in [-0.4, -0.2) is 55.1 Å². The van der Waals surface area contributed by atoms with Crippen LogP contribution in [0.15, 0.2) is 47.4 Å². The van der Waals surface area contributed by atoms with Crippen LogP contribution in [0.2, 0.25) is 10.0 Å². The van der Waals surface area contributed by atoms with Gasteiger partial charge in [0.05, 0.1) is 21.5 Å². The number of sulfonamides is 1. The molecule has 7 nitrogen and oxygen atoms in total. The van der Waals surface area contributed by atoms with Crippen LogP contribution in [0.1, 0.15) is 56.6 Å². The number of rotatable bonds is 10. The normalized spacial score (nSPS) is 15.4. The Labute approximate surface area is 230 Å². The summed E-state index contributed by atoms with van der Waals surface area (Å²) in [6.45, 7) is 3.39. The van der Waals surface area contributed by atoms with E-state index in [1.807, 2.05) is 13.8 Å². The van der Waals surface area contributed by atoms with Gasteiger partial charge in [-0.15, -0.1) is 0 Å². The van der Waals surface area contributed by atoms with E-state index in [2.05, 4.69) is 5.32 Å². The Balaban J connectivity index is 1.85. The summed E-state index contributed by atoms with van der Waals surface area (Å²) in [5.41, 5.74) is 1.62. The van der Waals surface area contributed by atoms with Gasteiger partial charge in [0, 0.05) is 19.6 Å². The second-order valence-corrected chi connectivity index (χ2v) is 12.5. The molecule has 0 bridgehead atoms. The Bertz CT molecular complexity index is 1200. The molecule has 0 radical (unpaired) electrons. The van der Waals surface area contributed by atoms with Gasteiger partial charge in [0.1, 0.15) is 6.04 Å². The Morgan fingerprint density at radius 3 is 2.27 bits per heavy atom. The lowest BCUT2D eigenvalue weighted by molar-refractivity contribution is -0.141. The van der Waals surface area contributed by atoms with Gasteiger partial charge < -0.3 is 10.2 Å². The van der Waals surface area contributed by atoms with Gasteiger partial charge in [-0.1, -0.05) is 73.2 Å². The maximum Gasteiger partial charge on any atom is 0.243 e. The molecule has 1 saturated carbocycles. The molecule has 1 aliphatic carbocycles. The van der Waals surface area contributed by atoms with Crippen LogP contribution in [0.25, 0.3) is 0 Å². The molecule has 0 aromatic heterocycles. The third-order valence-corrected chi connectivity index (χ3v) is 9.32. The quantitative estimate of drug-likeness (QED) is 0.428. The largest absolute Gasteiger partial charge is 0.352 e. The molecule has 1 N–H and O–H groups in total. The first kappa shape index (κ1) is 29.4. The van der Waals surface area contributed by atoms with Gasteiger partial charge in [-0.05, 0) is 56.0 Å². The Kier molecular flexibility index (Phi) is 10.4. The van der Waals surface area contributed by atoms with Crippen molar-refractivity contribution in [3.05, 3.63) is 63.6 Å². The molecule has 3 rings (SSSR count). The monoisotopic (exact) mass is 567 g/mol. The second kappa shape index (κ2) is 13.1. The molecule has 0 spiro atoms. The van der Waals surface area contributed by atoms with E-state index in [0.717, 1.165) is 42.0 Å². The van der Waals surface area contributed by atoms with Crippen molar-refractivity contribution >= 4 is 45.0 Å². The first-order chi connectivity index (χ1) is 17.5. The Hall–Kier alpha value is -2.13. The second-order valence-electron chi connectivity index (χ2n) is 9.61. The maximum absolute atomic E-state index is 13.6. The van der Waals surface area contributed by atoms with Crippen molar-refractivity contribution < 1.29 is 18.0 Å². The summed E-state index contributed by atoms with van der Waals surface area (Å²) in [5.74, 6) is -0.707. The van der Waals surface area contributed by atoms with Crippen LogP contribution in [0.4, 0.5) is 0 Å². The molecule has 2 amide bonds. The lowest BCUT2D eigenvalue weighted by Gasteiger charge is -2.33. The number of nitrogens with one attached hydrogen (secondary N) is 1. The van der Waals surface area contributed by atoms with E-state index in [1.54, 1.807) is 30.3 Å². The standard InChI is InChI=1S/C27H35Cl2N3O4S/c1-4-25(27(34)30-21-8-6-5-7-9-21)32(17-20-12-15-23(28)24(29)16-20)26(33)18-31(3)37(35,36)22-13-10-19(2)11-14-22/h10-16,21,25H,4-9,17-18H2,1-3H3,(H,30,34)/t25-/m0/s1. The Morgan fingerprint density at radius 1 is 1.03 bits per heavy atom. The van der Waals surface area contributed by atoms with Crippen molar-refractivity contribution in [1.82, 2.24) is 14.5 Å². The number of hydrogen-bond acceptors (Lipinski definition) is 4. The van der Waals surface area contributed by atoms with Crippen molar-refractivity contribution in [3.63, 3.8) is 0 Å². The molecule has 2 aromatic carbocycles. The first-order valence-corrected chi connectivity index (χ1v) is 14.8. The van der Waals surface area contributed by atoms with Gasteiger partial charge in [0.2, 0.25) is 21.8 Å². The van der Waals surface area contributed by atoms with Crippen molar-refractivity contribution in [1.29, 1.82) is 0 Å². The predicted octanol–water partition coefficient (Wildman–Crippen LogP) is 5.18. The van der Waals surface area contributed by atoms with Gasteiger partial charge in [-0.3, -0.25) is 9.59 Å². The lowest BCUT2D eigenvalue weighted by atomic mass is 9.95. The topological polar surface area (TPSA) is 86.8 Å². The minimum atomic E-state index is -3.90. The predicted molar refractivity (Wildman–Crippen MR) is 147 cm³/mol. The molecule has 2 aromatic rings. The molecular formula is C27H35Cl2N3O4S. The van der Waals surface area contributed by atoms with Crippen molar-refractivity contribution in [2.75, 3.05) is 13.6 Å². The highest BCUT2D eigenvalue weighted by molar-refractivity contribution is 7.89. The molecule has 10 heteroatoms. The molecule has 0 saturated heterocycles. The zero-order chi connectivity index (χ0) is 27.2. The van der Waals surface area contributed by atoms with E-state index in [1.165, 1.54) is 24.1 Å². The SMILES string of the molecule is CC[C@@H](C(=O)NC1CCCCC1)N(Cc1ccc(Cl)c(Cl)c1)C(=O)CN(C)S(=O)(=O)c1ccc(C)cc1. The zero-order valence-electron chi connectivity index (χ0n) is 21.5. The van der Waals surface area contributed by atoms with Crippen LogP contribution in [0, 0.1) is 6.92 Å². The molecule has 0 unspecified atom stereocenters. The van der Waals surface area contributed by atoms with Gasteiger partial charge in [0.25, 0.3) is 0 Å². The van der Waals surface area contributed by atoms with Crippen LogP contribution in [-0.2, 0) is 26.2 Å². The van der Waals surface area contributed by atoms with Crippen LogP contribution >= 0.6 is 23.2 Å². The van der Waals surface area contributed by atoms with E-state index in [-0.39, 0.29) is 23.4 Å². The number of aryl methyl sites for hydroxylation is 1. The molecule has 1 fully saturated rings. The molecule has 1 atom stereocenters. The van der Waals surface area contributed by atoms with Gasteiger partial charge in [0.15, 0.2) is 0 Å². The van der Waals surface area contributed by atoms with Crippen LogP contribution in [0.5, 0.6) is 0 Å². The van der Waals surface area contributed by atoms with Gasteiger partial charge in [-0.2, -0.15) is 4.31 Å². The summed E-state index contributed by atoms with van der Waals surface area (Å²) < 4.78 is 27.3. The van der Waals surface area contributed by atoms with E-state index in [0.29, 0.717) is 22.0 Å². The summed E-state index contributed by atoms with van der Waals surface area (Å²) in [4.78, 5) is 28.5. The molecule has 202 valence electrons. The number of amides is 2. The highest BCUT2D eigenvalue weighted by Crippen LogP contribution is 2.25. The summed E-state index contributed by atoms with van der Waals surface area (Å²) in [6, 6.07) is 10.8. The maximum atomic E-state index is 13.6. The molecule has 1 aliphatic rings. The third-order valence-electron chi connectivity index (χ3n) is 6.76. The minimum Gasteiger partial charge on any atom is -0.352 e. The molecule has 37 heavy (non-hydrogen) atoms. The summed E-state index contributed by atoms with van der Waals surface area (Å²) in [6.07, 6.45) is 5.50. The number of halogens is 2. The number of benzene rings is 2. The van der Waals surface area contributed by atoms with E-state index in [9.17, 15) is 18.0 Å². The zero-order valence-corrected chi connectivity index (χ0v) is 23.9. The van der Waals surface area contributed by atoms with Crippen molar-refractivity contribution in [2.24, 2.45) is 0 Å². The van der Waals surface area contributed by atoms with Crippen molar-refractivity contribution in [2.45, 2.75) is 75.9 Å². The van der Waals surface area contributed by atoms with E-state index in [4.69, 9.17) is 23.2 Å². The number of carbonyl (C=O) groups excluding carboxylic acids is 2. The number of carbonyl (C=O) groups is 2. The Morgan fingerprint density at radius 2 is 1.68 bits per heavy atom. The van der Waals surface area contributed by atoms with Crippen molar-refractivity contribution in [3.8, 4) is 0 Å². The smallest absolute Gasteiger partial charge is 0.243 e. The minimum absolute atomic E-state index is 0.0850. The van der Waals surface area contributed by atoms with Gasteiger partial charge in [-0.25, -0.2) is 8.42 Å². The number of likely N-dealkylation sites (N-methyl/N-ethyl adjacent to an activating group) is 1. The fraction of sp³-hybridized carbons (Fsp3) is 0.481. The average molecular weight is 569 g/mol. The first-order valence-electron chi connectivity index (χ1n) is 12.6. The summed E-state index contributed by atoms with van der Waals surface area (Å²) >= 11 is 12.3. The molecular weight excluding hydrogens is 533 g/mol. The van der Waals surface area contributed by atoms with E-state index >= 15 is 0 Å². The fourth-order valence-electron chi connectivity index (χ4n) is 4.55. The average Bonchev–Trinajstić information content (AvgIpc) is 2.86. The van der Waals surface area contributed by atoms with Crippen LogP contribution < -0.4 is 5.32 Å². The number of nitrogens with zero attached hydrogens (tertiary/aromatic N) is 2. The van der Waals surface area contributed by atoms with Crippen LogP contribution in [0.3, 0.4) is 0 Å². The highest BCUT2D eigenvalue weighted by Gasteiger charge is 2.33. The number of hydrogen-bond donors (Lipinski definition) is 1. The fourth-order valence-corrected chi connectivity index (χ4v) is 6.00. The highest BCUT2D eigenvalue weighted by atomic mass is 35.5. The lowest BCUT2D eigenvalue weighted by Crippen LogP contribution is -2.53. The summed E-state index contributed by atoms with van der Waals surface area (Å²) in [7, 11) is -2.53. The summed E-state index contributed by atoms with van der Waals surface area (Å²) in [5, 5.41) is 3.84. The molecule has 0 aliphatic heterocycles.